The smallest absolute Gasteiger partial charge is 0.308 e. The lowest BCUT2D eigenvalue weighted by molar-refractivity contribution is -0.145. The van der Waals surface area contributed by atoms with Gasteiger partial charge in [0.15, 0.2) is 0 Å². The summed E-state index contributed by atoms with van der Waals surface area (Å²) in [6, 6.07) is 2.89. The van der Waals surface area contributed by atoms with Gasteiger partial charge in [-0.25, -0.2) is 4.98 Å². The van der Waals surface area contributed by atoms with Crippen LogP contribution in [0, 0.1) is 5.95 Å². The molecule has 0 spiro atoms. The Balaban J connectivity index is 2.03. The monoisotopic (exact) mass is 282 g/mol. The summed E-state index contributed by atoms with van der Waals surface area (Å²) in [5.74, 6) is -1.65. The van der Waals surface area contributed by atoms with Crippen molar-refractivity contribution in [1.29, 1.82) is 0 Å². The average Bonchev–Trinajstić information content (AvgIpc) is 2.47. The van der Waals surface area contributed by atoms with E-state index in [-0.39, 0.29) is 18.5 Å². The molecule has 1 aromatic rings. The molecule has 1 atom stereocenters. The molecular formula is C13H15FN2O4. The normalized spacial score (nSPS) is 18.7. The van der Waals surface area contributed by atoms with Gasteiger partial charge in [-0.3, -0.25) is 9.59 Å². The molecule has 0 N–H and O–H groups in total. The van der Waals surface area contributed by atoms with E-state index in [1.54, 1.807) is 0 Å². The summed E-state index contributed by atoms with van der Waals surface area (Å²) in [5, 5.41) is 0. The zero-order chi connectivity index (χ0) is 14.5. The summed E-state index contributed by atoms with van der Waals surface area (Å²) in [4.78, 5) is 28.3. The topological polar surface area (TPSA) is 68.7 Å². The highest BCUT2D eigenvalue weighted by Crippen LogP contribution is 2.14. The van der Waals surface area contributed by atoms with Crippen molar-refractivity contribution in [3.8, 4) is 0 Å². The summed E-state index contributed by atoms with van der Waals surface area (Å²) in [7, 11) is 1.29. The Kier molecular flexibility index (Phi) is 4.62. The second-order valence-corrected chi connectivity index (χ2v) is 4.37. The Labute approximate surface area is 115 Å². The van der Waals surface area contributed by atoms with Gasteiger partial charge < -0.3 is 14.4 Å². The standard InChI is InChI=1S/C13H15FN2O4/c1-19-11(17)7-9-8-16(5-6-20-9)13(18)10-3-2-4-15-12(10)14/h2-4,9H,5-8H2,1H3. The molecule has 1 amide bonds. The van der Waals surface area contributed by atoms with Crippen molar-refractivity contribution in [3.63, 3.8) is 0 Å². The van der Waals surface area contributed by atoms with E-state index >= 15 is 0 Å². The van der Waals surface area contributed by atoms with Crippen LogP contribution in [0.25, 0.3) is 0 Å². The fraction of sp³-hybridized carbons (Fsp3) is 0.462. The van der Waals surface area contributed by atoms with Crippen LogP contribution < -0.4 is 0 Å². The van der Waals surface area contributed by atoms with E-state index in [1.807, 2.05) is 0 Å². The maximum Gasteiger partial charge on any atom is 0.308 e. The second-order valence-electron chi connectivity index (χ2n) is 4.37. The van der Waals surface area contributed by atoms with Crippen LogP contribution in [0.1, 0.15) is 16.8 Å². The summed E-state index contributed by atoms with van der Waals surface area (Å²) >= 11 is 0. The van der Waals surface area contributed by atoms with Crippen LogP contribution in [0.2, 0.25) is 0 Å². The van der Waals surface area contributed by atoms with Crippen molar-refractivity contribution in [2.45, 2.75) is 12.5 Å². The number of amides is 1. The van der Waals surface area contributed by atoms with E-state index in [4.69, 9.17) is 4.74 Å². The predicted molar refractivity (Wildman–Crippen MR) is 66.5 cm³/mol. The molecule has 1 unspecified atom stereocenters. The number of rotatable bonds is 3. The van der Waals surface area contributed by atoms with E-state index in [0.29, 0.717) is 13.2 Å². The summed E-state index contributed by atoms with van der Waals surface area (Å²) in [6.45, 7) is 0.877. The maximum atomic E-state index is 13.5. The molecule has 0 saturated carbocycles. The Morgan fingerprint density at radius 3 is 3.10 bits per heavy atom. The van der Waals surface area contributed by atoms with Crippen LogP contribution in [0.3, 0.4) is 0 Å². The first-order valence-electron chi connectivity index (χ1n) is 6.20. The van der Waals surface area contributed by atoms with Crippen molar-refractivity contribution < 1.29 is 23.5 Å². The third kappa shape index (κ3) is 3.30. The molecule has 0 bridgehead atoms. The Bertz CT molecular complexity index is 509. The molecule has 108 valence electrons. The van der Waals surface area contributed by atoms with Crippen LogP contribution >= 0.6 is 0 Å². The summed E-state index contributed by atoms with van der Waals surface area (Å²) in [6.07, 6.45) is 0.918. The third-order valence-electron chi connectivity index (χ3n) is 3.04. The van der Waals surface area contributed by atoms with Crippen molar-refractivity contribution in [2.24, 2.45) is 0 Å². The SMILES string of the molecule is COC(=O)CC1CN(C(=O)c2cccnc2F)CCO1. The van der Waals surface area contributed by atoms with Gasteiger partial charge in [-0.2, -0.15) is 4.39 Å². The molecule has 1 aromatic heterocycles. The van der Waals surface area contributed by atoms with Gasteiger partial charge in [0, 0.05) is 19.3 Å². The van der Waals surface area contributed by atoms with Gasteiger partial charge in [0.2, 0.25) is 5.95 Å². The molecule has 6 nitrogen and oxygen atoms in total. The lowest BCUT2D eigenvalue weighted by atomic mass is 10.1. The number of halogens is 1. The number of aromatic nitrogens is 1. The number of hydrogen-bond donors (Lipinski definition) is 0. The quantitative estimate of drug-likeness (QED) is 0.600. The van der Waals surface area contributed by atoms with Crippen LogP contribution in [0.15, 0.2) is 18.3 Å². The van der Waals surface area contributed by atoms with Crippen LogP contribution in [-0.4, -0.2) is 54.7 Å². The number of pyridine rings is 1. The molecule has 0 aliphatic carbocycles. The van der Waals surface area contributed by atoms with Crippen molar-refractivity contribution in [2.75, 3.05) is 26.8 Å². The molecule has 1 aliphatic rings. The fourth-order valence-corrected chi connectivity index (χ4v) is 2.01. The largest absolute Gasteiger partial charge is 0.469 e. The number of hydrogen-bond acceptors (Lipinski definition) is 5. The first-order valence-corrected chi connectivity index (χ1v) is 6.20. The van der Waals surface area contributed by atoms with E-state index in [2.05, 4.69) is 9.72 Å². The number of nitrogens with zero attached hydrogens (tertiary/aromatic N) is 2. The molecule has 1 fully saturated rings. The molecule has 0 aromatic carbocycles. The highest BCUT2D eigenvalue weighted by Gasteiger charge is 2.28. The molecule has 1 saturated heterocycles. The molecular weight excluding hydrogens is 267 g/mol. The highest BCUT2D eigenvalue weighted by molar-refractivity contribution is 5.94. The highest BCUT2D eigenvalue weighted by atomic mass is 19.1. The zero-order valence-corrected chi connectivity index (χ0v) is 11.0. The number of carbonyl (C=O) groups excluding carboxylic acids is 2. The molecule has 2 rings (SSSR count). The van der Waals surface area contributed by atoms with E-state index in [1.165, 1.54) is 30.3 Å². The lowest BCUT2D eigenvalue weighted by Gasteiger charge is -2.32. The maximum absolute atomic E-state index is 13.5. The number of ether oxygens (including phenoxy) is 2. The first-order chi connectivity index (χ1) is 9.61. The fourth-order valence-electron chi connectivity index (χ4n) is 2.01. The molecule has 1 aliphatic heterocycles. The lowest BCUT2D eigenvalue weighted by Crippen LogP contribution is -2.46. The summed E-state index contributed by atoms with van der Waals surface area (Å²) in [5.41, 5.74) is -0.0776. The Morgan fingerprint density at radius 2 is 2.40 bits per heavy atom. The van der Waals surface area contributed by atoms with Gasteiger partial charge in [0.25, 0.3) is 5.91 Å². The van der Waals surface area contributed by atoms with Gasteiger partial charge in [-0.1, -0.05) is 0 Å². The minimum Gasteiger partial charge on any atom is -0.469 e. The van der Waals surface area contributed by atoms with E-state index in [0.717, 1.165) is 0 Å². The molecule has 7 heteroatoms. The minimum atomic E-state index is -0.798. The number of esters is 1. The number of methoxy groups -OCH3 is 1. The van der Waals surface area contributed by atoms with E-state index < -0.39 is 23.9 Å². The van der Waals surface area contributed by atoms with E-state index in [9.17, 15) is 14.0 Å². The van der Waals surface area contributed by atoms with Gasteiger partial charge >= 0.3 is 5.97 Å². The first kappa shape index (κ1) is 14.4. The van der Waals surface area contributed by atoms with Crippen LogP contribution in [0.5, 0.6) is 0 Å². The minimum absolute atomic E-state index is 0.0653. The molecule has 2 heterocycles. The van der Waals surface area contributed by atoms with Gasteiger partial charge in [-0.15, -0.1) is 0 Å². The van der Waals surface area contributed by atoms with Gasteiger partial charge in [0.1, 0.15) is 0 Å². The zero-order valence-electron chi connectivity index (χ0n) is 11.0. The second kappa shape index (κ2) is 6.42. The summed E-state index contributed by atoms with van der Waals surface area (Å²) < 4.78 is 23.4. The van der Waals surface area contributed by atoms with Crippen molar-refractivity contribution >= 4 is 11.9 Å². The van der Waals surface area contributed by atoms with Gasteiger partial charge in [0.05, 0.1) is 31.8 Å². The molecule has 20 heavy (non-hydrogen) atoms. The van der Waals surface area contributed by atoms with Crippen molar-refractivity contribution in [3.05, 3.63) is 29.8 Å². The van der Waals surface area contributed by atoms with Gasteiger partial charge in [-0.05, 0) is 12.1 Å². The Morgan fingerprint density at radius 1 is 1.60 bits per heavy atom. The van der Waals surface area contributed by atoms with Crippen LogP contribution in [-0.2, 0) is 14.3 Å². The molecule has 0 radical (unpaired) electrons. The number of carbonyl (C=O) groups is 2. The van der Waals surface area contributed by atoms with Crippen molar-refractivity contribution in [1.82, 2.24) is 9.88 Å². The average molecular weight is 282 g/mol. The predicted octanol–water partition coefficient (Wildman–Crippen LogP) is 0.625. The van der Waals surface area contributed by atoms with Crippen LogP contribution in [0.4, 0.5) is 4.39 Å². The Hall–Kier alpha value is -2.02. The number of morpholine rings is 1. The third-order valence-corrected chi connectivity index (χ3v) is 3.04.